The molecule has 1 aliphatic carbocycles. The Morgan fingerprint density at radius 3 is 2.93 bits per heavy atom. The molecule has 0 radical (unpaired) electrons. The molecule has 1 aromatic heterocycles. The predicted molar refractivity (Wildman–Crippen MR) is 62.5 cm³/mol. The summed E-state index contributed by atoms with van der Waals surface area (Å²) >= 11 is 1.90. The minimum atomic E-state index is 0.436. The third-order valence-electron chi connectivity index (χ3n) is 3.76. The standard InChI is InChI=1S/C12H17NOS/c1-12(11-3-2-8-15-11)9-10(12)13-4-6-14-7-5-13/h2-3,8,10H,4-7,9H2,1H3/t10-,12+/m1/s1. The molecular formula is C12H17NOS. The number of rotatable bonds is 2. The van der Waals surface area contributed by atoms with Gasteiger partial charge >= 0.3 is 0 Å². The summed E-state index contributed by atoms with van der Waals surface area (Å²) in [5.74, 6) is 0. The maximum atomic E-state index is 5.40. The fourth-order valence-corrected chi connectivity index (χ4v) is 3.58. The van der Waals surface area contributed by atoms with Crippen molar-refractivity contribution in [3.8, 4) is 0 Å². The fraction of sp³-hybridized carbons (Fsp3) is 0.667. The number of morpholine rings is 1. The number of ether oxygens (including phenoxy) is 1. The fourth-order valence-electron chi connectivity index (χ4n) is 2.63. The molecule has 1 aromatic rings. The quantitative estimate of drug-likeness (QED) is 0.761. The van der Waals surface area contributed by atoms with Crippen LogP contribution in [0.5, 0.6) is 0 Å². The van der Waals surface area contributed by atoms with E-state index in [9.17, 15) is 0 Å². The summed E-state index contributed by atoms with van der Waals surface area (Å²) in [6, 6.07) is 5.21. The highest BCUT2D eigenvalue weighted by atomic mass is 32.1. The maximum Gasteiger partial charge on any atom is 0.0594 e. The lowest BCUT2D eigenvalue weighted by atomic mass is 10.1. The average Bonchev–Trinajstić information content (AvgIpc) is 2.76. The van der Waals surface area contributed by atoms with Crippen LogP contribution in [0.25, 0.3) is 0 Å². The highest BCUT2D eigenvalue weighted by Crippen LogP contribution is 2.52. The Morgan fingerprint density at radius 1 is 1.47 bits per heavy atom. The highest BCUT2D eigenvalue weighted by molar-refractivity contribution is 7.10. The number of hydrogen-bond acceptors (Lipinski definition) is 3. The number of thiophene rings is 1. The van der Waals surface area contributed by atoms with E-state index >= 15 is 0 Å². The minimum absolute atomic E-state index is 0.436. The van der Waals surface area contributed by atoms with E-state index in [1.807, 2.05) is 11.3 Å². The normalized spacial score (nSPS) is 36.7. The molecule has 1 aliphatic heterocycles. The third-order valence-corrected chi connectivity index (χ3v) is 4.91. The zero-order valence-electron chi connectivity index (χ0n) is 9.11. The Balaban J connectivity index is 1.71. The van der Waals surface area contributed by atoms with Crippen LogP contribution >= 0.6 is 11.3 Å². The van der Waals surface area contributed by atoms with E-state index in [-0.39, 0.29) is 0 Å². The predicted octanol–water partition coefficient (Wildman–Crippen LogP) is 2.11. The van der Waals surface area contributed by atoms with Crippen molar-refractivity contribution in [2.45, 2.75) is 24.8 Å². The molecule has 2 nitrogen and oxygen atoms in total. The highest BCUT2D eigenvalue weighted by Gasteiger charge is 2.54. The molecule has 2 atom stereocenters. The third kappa shape index (κ3) is 1.63. The summed E-state index contributed by atoms with van der Waals surface area (Å²) in [5, 5.41) is 2.19. The topological polar surface area (TPSA) is 12.5 Å². The molecule has 0 amide bonds. The van der Waals surface area contributed by atoms with Gasteiger partial charge < -0.3 is 4.74 Å². The molecule has 2 fully saturated rings. The lowest BCUT2D eigenvalue weighted by Crippen LogP contribution is -2.40. The van der Waals surface area contributed by atoms with Gasteiger partial charge in [0.05, 0.1) is 13.2 Å². The summed E-state index contributed by atoms with van der Waals surface area (Å²) in [6.07, 6.45) is 1.33. The van der Waals surface area contributed by atoms with Crippen molar-refractivity contribution in [1.29, 1.82) is 0 Å². The molecular weight excluding hydrogens is 206 g/mol. The molecule has 2 aliphatic rings. The molecule has 0 aromatic carbocycles. The average molecular weight is 223 g/mol. The monoisotopic (exact) mass is 223 g/mol. The van der Waals surface area contributed by atoms with Crippen LogP contribution in [0.2, 0.25) is 0 Å². The summed E-state index contributed by atoms with van der Waals surface area (Å²) in [4.78, 5) is 4.16. The van der Waals surface area contributed by atoms with Crippen LogP contribution in [-0.4, -0.2) is 37.2 Å². The molecule has 2 heterocycles. The van der Waals surface area contributed by atoms with Gasteiger partial charge in [-0.25, -0.2) is 0 Å². The summed E-state index contributed by atoms with van der Waals surface area (Å²) in [6.45, 7) is 6.46. The van der Waals surface area contributed by atoms with Gasteiger partial charge in [0.25, 0.3) is 0 Å². The van der Waals surface area contributed by atoms with Crippen molar-refractivity contribution in [3.05, 3.63) is 22.4 Å². The Morgan fingerprint density at radius 2 is 2.27 bits per heavy atom. The Hall–Kier alpha value is -0.380. The molecule has 1 saturated heterocycles. The van der Waals surface area contributed by atoms with E-state index in [2.05, 4.69) is 29.3 Å². The second-order valence-corrected chi connectivity index (χ2v) is 5.71. The van der Waals surface area contributed by atoms with Crippen molar-refractivity contribution in [3.63, 3.8) is 0 Å². The van der Waals surface area contributed by atoms with Crippen LogP contribution in [0.3, 0.4) is 0 Å². The molecule has 1 saturated carbocycles. The van der Waals surface area contributed by atoms with E-state index in [0.29, 0.717) is 5.41 Å². The van der Waals surface area contributed by atoms with E-state index in [0.717, 1.165) is 32.3 Å². The first-order valence-electron chi connectivity index (χ1n) is 5.66. The largest absolute Gasteiger partial charge is 0.379 e. The van der Waals surface area contributed by atoms with Crippen molar-refractivity contribution < 1.29 is 4.74 Å². The van der Waals surface area contributed by atoms with E-state index in [1.54, 1.807) is 4.88 Å². The molecule has 82 valence electrons. The summed E-state index contributed by atoms with van der Waals surface area (Å²) < 4.78 is 5.40. The van der Waals surface area contributed by atoms with Crippen LogP contribution in [0.4, 0.5) is 0 Å². The first kappa shape index (κ1) is 9.82. The van der Waals surface area contributed by atoms with Gasteiger partial charge in [-0.15, -0.1) is 11.3 Å². The lowest BCUT2D eigenvalue weighted by molar-refractivity contribution is 0.0309. The van der Waals surface area contributed by atoms with Crippen molar-refractivity contribution in [2.24, 2.45) is 0 Å². The maximum absolute atomic E-state index is 5.40. The van der Waals surface area contributed by atoms with Crippen LogP contribution in [0.1, 0.15) is 18.2 Å². The van der Waals surface area contributed by atoms with Gasteiger partial charge in [0, 0.05) is 29.4 Å². The van der Waals surface area contributed by atoms with E-state index in [1.165, 1.54) is 6.42 Å². The molecule has 0 unspecified atom stereocenters. The second kappa shape index (κ2) is 3.58. The molecule has 15 heavy (non-hydrogen) atoms. The van der Waals surface area contributed by atoms with Crippen molar-refractivity contribution in [2.75, 3.05) is 26.3 Å². The SMILES string of the molecule is C[C@]1(c2cccs2)C[C@H]1N1CCOCC1. The minimum Gasteiger partial charge on any atom is -0.379 e. The van der Waals surface area contributed by atoms with Gasteiger partial charge in [0.15, 0.2) is 0 Å². The van der Waals surface area contributed by atoms with Crippen LogP contribution in [0, 0.1) is 0 Å². The van der Waals surface area contributed by atoms with Gasteiger partial charge in [0.1, 0.15) is 0 Å². The number of hydrogen-bond donors (Lipinski definition) is 0. The Labute approximate surface area is 94.9 Å². The molecule has 0 bridgehead atoms. The van der Waals surface area contributed by atoms with E-state index in [4.69, 9.17) is 4.74 Å². The summed E-state index contributed by atoms with van der Waals surface area (Å²) in [7, 11) is 0. The van der Waals surface area contributed by atoms with Crippen LogP contribution in [0.15, 0.2) is 17.5 Å². The lowest BCUT2D eigenvalue weighted by Gasteiger charge is -2.28. The molecule has 0 N–H and O–H groups in total. The van der Waals surface area contributed by atoms with Crippen LogP contribution in [-0.2, 0) is 10.2 Å². The smallest absolute Gasteiger partial charge is 0.0594 e. The Kier molecular flexibility index (Phi) is 2.34. The molecule has 0 spiro atoms. The van der Waals surface area contributed by atoms with Crippen LogP contribution < -0.4 is 0 Å². The van der Waals surface area contributed by atoms with Gasteiger partial charge in [0.2, 0.25) is 0 Å². The first-order chi connectivity index (χ1) is 7.31. The molecule has 3 rings (SSSR count). The number of nitrogens with zero attached hydrogens (tertiary/aromatic N) is 1. The second-order valence-electron chi connectivity index (χ2n) is 4.76. The zero-order chi connectivity index (χ0) is 10.3. The van der Waals surface area contributed by atoms with Crippen molar-refractivity contribution in [1.82, 2.24) is 4.90 Å². The first-order valence-corrected chi connectivity index (χ1v) is 6.54. The van der Waals surface area contributed by atoms with E-state index < -0.39 is 0 Å². The van der Waals surface area contributed by atoms with Gasteiger partial charge in [-0.2, -0.15) is 0 Å². The summed E-state index contributed by atoms with van der Waals surface area (Å²) in [5.41, 5.74) is 0.436. The van der Waals surface area contributed by atoms with Gasteiger partial charge in [-0.1, -0.05) is 13.0 Å². The van der Waals surface area contributed by atoms with Gasteiger partial charge in [-0.3, -0.25) is 4.90 Å². The van der Waals surface area contributed by atoms with Gasteiger partial charge in [-0.05, 0) is 17.9 Å². The zero-order valence-corrected chi connectivity index (χ0v) is 9.93. The Bertz CT molecular complexity index is 331. The molecule has 3 heteroatoms. The van der Waals surface area contributed by atoms with Crippen molar-refractivity contribution >= 4 is 11.3 Å².